The van der Waals surface area contributed by atoms with Crippen LogP contribution in [0.5, 0.6) is 0 Å². The molecule has 2 rings (SSSR count). The Morgan fingerprint density at radius 3 is 2.81 bits per heavy atom. The van der Waals surface area contributed by atoms with Crippen molar-refractivity contribution >= 4 is 15.8 Å². The van der Waals surface area contributed by atoms with Crippen LogP contribution in [0.15, 0.2) is 59.0 Å². The molecule has 2 atom stereocenters. The summed E-state index contributed by atoms with van der Waals surface area (Å²) in [5, 5.41) is 7.71. The first kappa shape index (κ1) is 21.4. The number of hydrogen-bond acceptors (Lipinski definition) is 3. The second kappa shape index (κ2) is 9.31. The molecule has 0 spiro atoms. The maximum absolute atomic E-state index is 13.8. The van der Waals surface area contributed by atoms with Gasteiger partial charge in [-0.15, -0.1) is 0 Å². The van der Waals surface area contributed by atoms with Crippen molar-refractivity contribution in [3.05, 3.63) is 59.0 Å². The molecule has 0 aromatic carbocycles. The fourth-order valence-corrected chi connectivity index (χ4v) is 5.63. The van der Waals surface area contributed by atoms with Crippen molar-refractivity contribution in [3.63, 3.8) is 0 Å². The molecule has 0 aromatic rings. The lowest BCUT2D eigenvalue weighted by molar-refractivity contribution is -0.136. The van der Waals surface area contributed by atoms with Crippen LogP contribution in [-0.2, 0) is 14.6 Å². The third-order valence-corrected chi connectivity index (χ3v) is 7.43. The molecule has 0 heterocycles. The minimum Gasteiger partial charge on any atom is -0.481 e. The van der Waals surface area contributed by atoms with Gasteiger partial charge in [0.2, 0.25) is 0 Å². The number of carbonyl (C=O) groups is 1. The zero-order chi connectivity index (χ0) is 20.0. The molecule has 2 unspecified atom stereocenters. The van der Waals surface area contributed by atoms with Crippen molar-refractivity contribution in [3.8, 4) is 0 Å². The monoisotopic (exact) mass is 394 g/mol. The molecule has 2 aliphatic carbocycles. The molecule has 0 aliphatic heterocycles. The maximum Gasteiger partial charge on any atom is 0.307 e. The minimum atomic E-state index is -3.46. The lowest BCUT2D eigenvalue weighted by Gasteiger charge is -2.27. The van der Waals surface area contributed by atoms with Crippen LogP contribution in [0, 0.1) is 0 Å². The average molecular weight is 395 g/mol. The van der Waals surface area contributed by atoms with Crippen molar-refractivity contribution in [2.45, 2.75) is 62.9 Å². The van der Waals surface area contributed by atoms with Crippen LogP contribution >= 0.6 is 0 Å². The second-order valence-electron chi connectivity index (χ2n) is 7.04. The summed E-state index contributed by atoms with van der Waals surface area (Å²) in [4.78, 5) is 10.9. The second-order valence-corrected chi connectivity index (χ2v) is 9.49. The first-order valence-electron chi connectivity index (χ1n) is 9.29. The molecule has 0 bridgehead atoms. The predicted octanol–water partition coefficient (Wildman–Crippen LogP) is 4.82. The average Bonchev–Trinajstić information content (AvgIpc) is 2.61. The van der Waals surface area contributed by atoms with E-state index in [-0.39, 0.29) is 12.2 Å². The van der Waals surface area contributed by atoms with Gasteiger partial charge in [0.1, 0.15) is 5.83 Å². The van der Waals surface area contributed by atoms with Crippen molar-refractivity contribution in [1.82, 2.24) is 0 Å². The van der Waals surface area contributed by atoms with E-state index in [2.05, 4.69) is 0 Å². The number of carboxylic acids is 1. The Balaban J connectivity index is 2.17. The summed E-state index contributed by atoms with van der Waals surface area (Å²) in [5.74, 6) is -1.28. The molecule has 0 fully saturated rings. The van der Waals surface area contributed by atoms with E-state index in [0.717, 1.165) is 11.1 Å². The molecule has 0 aromatic heterocycles. The summed E-state index contributed by atoms with van der Waals surface area (Å²) in [6.07, 6.45) is 12.3. The summed E-state index contributed by atoms with van der Waals surface area (Å²) in [7, 11) is -3.46. The summed E-state index contributed by atoms with van der Waals surface area (Å²) < 4.78 is 40.0. The highest BCUT2D eigenvalue weighted by molar-refractivity contribution is 7.92. The van der Waals surface area contributed by atoms with E-state index < -0.39 is 26.3 Å². The first-order valence-corrected chi connectivity index (χ1v) is 10.9. The Hall–Kier alpha value is -1.95. The molecule has 27 heavy (non-hydrogen) atoms. The molecular weight excluding hydrogens is 367 g/mol. The topological polar surface area (TPSA) is 71.4 Å². The molecule has 6 heteroatoms. The number of halogens is 1. The third kappa shape index (κ3) is 5.76. The van der Waals surface area contributed by atoms with Crippen LogP contribution in [0.4, 0.5) is 4.39 Å². The van der Waals surface area contributed by atoms with Crippen molar-refractivity contribution < 1.29 is 22.7 Å². The van der Waals surface area contributed by atoms with Gasteiger partial charge in [0, 0.05) is 0 Å². The third-order valence-electron chi connectivity index (χ3n) is 4.93. The molecule has 148 valence electrons. The van der Waals surface area contributed by atoms with Gasteiger partial charge in [-0.2, -0.15) is 0 Å². The normalized spacial score (nSPS) is 24.4. The highest BCUT2D eigenvalue weighted by Crippen LogP contribution is 2.33. The molecular formula is C21H27FO4S. The fraction of sp³-hybridized carbons (Fsp3) is 0.476. The van der Waals surface area contributed by atoms with Crippen LogP contribution < -0.4 is 0 Å². The molecule has 0 saturated carbocycles. The Morgan fingerprint density at radius 2 is 2.15 bits per heavy atom. The highest BCUT2D eigenvalue weighted by atomic mass is 32.2. The molecule has 0 radical (unpaired) electrons. The van der Waals surface area contributed by atoms with Gasteiger partial charge in [0.25, 0.3) is 0 Å². The largest absolute Gasteiger partial charge is 0.481 e. The fourth-order valence-electron chi connectivity index (χ4n) is 3.51. The first-order chi connectivity index (χ1) is 12.7. The van der Waals surface area contributed by atoms with Gasteiger partial charge in [-0.1, -0.05) is 31.2 Å². The zero-order valence-corrected chi connectivity index (χ0v) is 16.6. The van der Waals surface area contributed by atoms with Crippen LogP contribution in [0.2, 0.25) is 0 Å². The lowest BCUT2D eigenvalue weighted by atomic mass is 9.93. The maximum atomic E-state index is 13.8. The molecule has 0 saturated heterocycles. The SMILES string of the molecule is CC/C=C(F)\C=C(/C)C1=CCCC(S(=O)(=O)C2C=C(CC(=O)O)C=CC2)C1. The number of sulfone groups is 1. The number of aliphatic carboxylic acids is 1. The summed E-state index contributed by atoms with van der Waals surface area (Å²) in [6.45, 7) is 3.66. The summed E-state index contributed by atoms with van der Waals surface area (Å²) >= 11 is 0. The van der Waals surface area contributed by atoms with Crippen LogP contribution in [0.3, 0.4) is 0 Å². The number of carboxylic acid groups (broad SMARTS) is 1. The van der Waals surface area contributed by atoms with E-state index in [9.17, 15) is 17.6 Å². The molecule has 1 N–H and O–H groups in total. The number of hydrogen-bond donors (Lipinski definition) is 1. The summed E-state index contributed by atoms with van der Waals surface area (Å²) in [5.41, 5.74) is 2.15. The predicted molar refractivity (Wildman–Crippen MR) is 106 cm³/mol. The van der Waals surface area contributed by atoms with Crippen molar-refractivity contribution in [2.24, 2.45) is 0 Å². The van der Waals surface area contributed by atoms with Gasteiger partial charge in [-0.05, 0) is 67.9 Å². The van der Waals surface area contributed by atoms with Gasteiger partial charge in [-0.25, -0.2) is 12.8 Å². The molecule has 0 amide bonds. The quantitative estimate of drug-likeness (QED) is 0.629. The van der Waals surface area contributed by atoms with Crippen molar-refractivity contribution in [2.75, 3.05) is 0 Å². The number of allylic oxidation sites excluding steroid dienone is 8. The highest BCUT2D eigenvalue weighted by Gasteiger charge is 2.35. The standard InChI is InChI=1S/C21H27FO4S/c1-3-6-18(22)11-15(2)17-8-5-10-20(14-17)27(25,26)19-9-4-7-16(12-19)13-21(23)24/h4,6-8,11-12,19-20H,3,5,9-10,13-14H2,1-2H3,(H,23,24)/b15-11+,18-6+. The van der Waals surface area contributed by atoms with E-state index in [1.165, 1.54) is 12.2 Å². The number of rotatable bonds is 7. The van der Waals surface area contributed by atoms with Crippen LogP contribution in [0.1, 0.15) is 52.4 Å². The van der Waals surface area contributed by atoms with Gasteiger partial charge in [0.15, 0.2) is 9.84 Å². The Morgan fingerprint density at radius 1 is 1.41 bits per heavy atom. The zero-order valence-electron chi connectivity index (χ0n) is 15.8. The Kier molecular flexibility index (Phi) is 7.36. The van der Waals surface area contributed by atoms with Gasteiger partial charge in [0.05, 0.1) is 16.9 Å². The van der Waals surface area contributed by atoms with E-state index in [4.69, 9.17) is 5.11 Å². The summed E-state index contributed by atoms with van der Waals surface area (Å²) in [6, 6.07) is 0. The van der Waals surface area contributed by atoms with Crippen LogP contribution in [-0.4, -0.2) is 30.0 Å². The molecule has 4 nitrogen and oxygen atoms in total. The Bertz CT molecular complexity index is 828. The Labute approximate surface area is 160 Å². The van der Waals surface area contributed by atoms with E-state index in [1.54, 1.807) is 25.2 Å². The van der Waals surface area contributed by atoms with E-state index in [0.29, 0.717) is 37.7 Å². The van der Waals surface area contributed by atoms with Gasteiger partial charge < -0.3 is 5.11 Å². The van der Waals surface area contributed by atoms with Gasteiger partial charge in [-0.3, -0.25) is 4.79 Å². The van der Waals surface area contributed by atoms with Gasteiger partial charge >= 0.3 is 5.97 Å². The van der Waals surface area contributed by atoms with E-state index >= 15 is 0 Å². The van der Waals surface area contributed by atoms with Crippen molar-refractivity contribution in [1.29, 1.82) is 0 Å². The smallest absolute Gasteiger partial charge is 0.307 e. The molecule has 2 aliphatic rings. The van der Waals surface area contributed by atoms with Crippen LogP contribution in [0.25, 0.3) is 0 Å². The lowest BCUT2D eigenvalue weighted by Crippen LogP contribution is -2.33. The minimum absolute atomic E-state index is 0.177. The van der Waals surface area contributed by atoms with E-state index in [1.807, 2.05) is 13.0 Å².